The summed E-state index contributed by atoms with van der Waals surface area (Å²) in [6.45, 7) is 1.80. The first-order valence-corrected chi connectivity index (χ1v) is 8.83. The van der Waals surface area contributed by atoms with Crippen molar-refractivity contribution in [3.8, 4) is 11.3 Å². The van der Waals surface area contributed by atoms with Gasteiger partial charge in [0.2, 0.25) is 5.91 Å². The molecule has 1 aromatic carbocycles. The van der Waals surface area contributed by atoms with Crippen LogP contribution in [-0.2, 0) is 22.6 Å². The zero-order valence-electron chi connectivity index (χ0n) is 15.2. The standard InChI is InChI=1S/C19H19N5O.CH2O2/c25-18(13-24-10-8-14-5-1-2-6-15(14)12-24)22-19-16(11-21-23-19)17-7-3-4-9-20-17;2-1-3/h1-7,9,11H,8,10,12-13H2,(H2,21,22,23,25);1H,(H,2,3). The molecule has 0 spiro atoms. The number of carboxylic acid groups (broad SMARTS) is 1. The number of carbonyl (C=O) groups excluding carboxylic acids is 1. The Balaban J connectivity index is 0.000000706. The third kappa shape index (κ3) is 4.80. The van der Waals surface area contributed by atoms with Crippen molar-refractivity contribution in [2.24, 2.45) is 0 Å². The van der Waals surface area contributed by atoms with E-state index in [1.54, 1.807) is 12.4 Å². The molecule has 2 aromatic heterocycles. The summed E-state index contributed by atoms with van der Waals surface area (Å²) in [5.41, 5.74) is 4.25. The molecule has 1 amide bonds. The lowest BCUT2D eigenvalue weighted by Crippen LogP contribution is -2.37. The van der Waals surface area contributed by atoms with Crippen molar-refractivity contribution in [1.29, 1.82) is 0 Å². The van der Waals surface area contributed by atoms with Gasteiger partial charge in [0.25, 0.3) is 6.47 Å². The molecular formula is C20H21N5O3. The smallest absolute Gasteiger partial charge is 0.290 e. The molecule has 0 atom stereocenters. The lowest BCUT2D eigenvalue weighted by atomic mass is 10.00. The summed E-state index contributed by atoms with van der Waals surface area (Å²) >= 11 is 0. The second-order valence-corrected chi connectivity index (χ2v) is 6.26. The monoisotopic (exact) mass is 379 g/mol. The van der Waals surface area contributed by atoms with E-state index in [0.717, 1.165) is 30.8 Å². The van der Waals surface area contributed by atoms with Crippen LogP contribution >= 0.6 is 0 Å². The Morgan fingerprint density at radius 3 is 2.71 bits per heavy atom. The van der Waals surface area contributed by atoms with Crippen LogP contribution in [0.5, 0.6) is 0 Å². The molecule has 3 aromatic rings. The van der Waals surface area contributed by atoms with Gasteiger partial charge in [0.05, 0.1) is 24.0 Å². The molecule has 0 bridgehead atoms. The first-order valence-electron chi connectivity index (χ1n) is 8.83. The van der Waals surface area contributed by atoms with E-state index in [1.165, 1.54) is 11.1 Å². The summed E-state index contributed by atoms with van der Waals surface area (Å²) in [7, 11) is 0. The van der Waals surface area contributed by atoms with Gasteiger partial charge in [0.15, 0.2) is 0 Å². The van der Waals surface area contributed by atoms with Crippen molar-refractivity contribution in [1.82, 2.24) is 20.1 Å². The number of anilines is 1. The topological polar surface area (TPSA) is 111 Å². The van der Waals surface area contributed by atoms with Crippen LogP contribution in [0.2, 0.25) is 0 Å². The zero-order chi connectivity index (χ0) is 19.8. The van der Waals surface area contributed by atoms with Crippen molar-refractivity contribution in [3.05, 3.63) is 66.0 Å². The van der Waals surface area contributed by atoms with Crippen LogP contribution < -0.4 is 5.32 Å². The molecule has 28 heavy (non-hydrogen) atoms. The number of nitrogens with one attached hydrogen (secondary N) is 2. The van der Waals surface area contributed by atoms with Crippen LogP contribution in [0, 0.1) is 0 Å². The first-order chi connectivity index (χ1) is 13.7. The molecule has 3 N–H and O–H groups in total. The van der Waals surface area contributed by atoms with Crippen LogP contribution in [0.4, 0.5) is 5.82 Å². The molecular weight excluding hydrogens is 358 g/mol. The summed E-state index contributed by atoms with van der Waals surface area (Å²) in [5.74, 6) is 0.530. The minimum Gasteiger partial charge on any atom is -0.483 e. The van der Waals surface area contributed by atoms with E-state index in [1.807, 2.05) is 24.3 Å². The van der Waals surface area contributed by atoms with Gasteiger partial charge in [0.1, 0.15) is 5.82 Å². The number of benzene rings is 1. The summed E-state index contributed by atoms with van der Waals surface area (Å²) < 4.78 is 0. The number of nitrogens with zero attached hydrogens (tertiary/aromatic N) is 3. The minimum absolute atomic E-state index is 0.0548. The number of carbonyl (C=O) groups is 2. The summed E-state index contributed by atoms with van der Waals surface area (Å²) in [5, 5.41) is 16.7. The molecule has 0 unspecified atom stereocenters. The van der Waals surface area contributed by atoms with E-state index in [2.05, 4.69) is 43.6 Å². The van der Waals surface area contributed by atoms with Crippen LogP contribution in [0.3, 0.4) is 0 Å². The van der Waals surface area contributed by atoms with Crippen molar-refractivity contribution >= 4 is 18.2 Å². The number of aromatic nitrogens is 3. The number of rotatable bonds is 4. The Morgan fingerprint density at radius 1 is 1.21 bits per heavy atom. The molecule has 4 rings (SSSR count). The Labute approximate surface area is 162 Å². The fourth-order valence-corrected chi connectivity index (χ4v) is 3.17. The summed E-state index contributed by atoms with van der Waals surface area (Å²) in [6, 6.07) is 14.1. The Kier molecular flexibility index (Phi) is 6.48. The highest BCUT2D eigenvalue weighted by Gasteiger charge is 2.19. The van der Waals surface area contributed by atoms with Gasteiger partial charge in [0, 0.05) is 19.3 Å². The van der Waals surface area contributed by atoms with Gasteiger partial charge in [-0.15, -0.1) is 0 Å². The van der Waals surface area contributed by atoms with Crippen molar-refractivity contribution in [2.45, 2.75) is 13.0 Å². The molecule has 0 radical (unpaired) electrons. The van der Waals surface area contributed by atoms with E-state index < -0.39 is 0 Å². The second kappa shape index (κ2) is 9.43. The maximum absolute atomic E-state index is 12.5. The lowest BCUT2D eigenvalue weighted by molar-refractivity contribution is -0.123. The summed E-state index contributed by atoms with van der Waals surface area (Å²) in [4.78, 5) is 27.3. The Hall–Kier alpha value is -3.52. The first kappa shape index (κ1) is 19.2. The highest BCUT2D eigenvalue weighted by molar-refractivity contribution is 5.94. The quantitative estimate of drug-likeness (QED) is 0.599. The third-order valence-electron chi connectivity index (χ3n) is 4.42. The van der Waals surface area contributed by atoms with Gasteiger partial charge >= 0.3 is 0 Å². The van der Waals surface area contributed by atoms with E-state index in [0.29, 0.717) is 12.4 Å². The highest BCUT2D eigenvalue weighted by atomic mass is 16.3. The molecule has 144 valence electrons. The van der Waals surface area contributed by atoms with Gasteiger partial charge < -0.3 is 10.4 Å². The van der Waals surface area contributed by atoms with E-state index in [9.17, 15) is 4.79 Å². The average molecular weight is 379 g/mol. The number of amides is 1. The largest absolute Gasteiger partial charge is 0.483 e. The highest BCUT2D eigenvalue weighted by Crippen LogP contribution is 2.23. The SMILES string of the molecule is O=C(CN1CCc2ccccc2C1)Nc1[nH]ncc1-c1ccccn1.O=CO. The van der Waals surface area contributed by atoms with Crippen molar-refractivity contribution in [2.75, 3.05) is 18.4 Å². The maximum atomic E-state index is 12.5. The fraction of sp³-hybridized carbons (Fsp3) is 0.200. The number of hydrogen-bond donors (Lipinski definition) is 3. The van der Waals surface area contributed by atoms with Gasteiger partial charge in [-0.3, -0.25) is 24.6 Å². The number of aromatic amines is 1. The second-order valence-electron chi connectivity index (χ2n) is 6.26. The molecule has 1 aliphatic rings. The predicted octanol–water partition coefficient (Wildman–Crippen LogP) is 2.17. The molecule has 8 nitrogen and oxygen atoms in total. The van der Waals surface area contributed by atoms with Gasteiger partial charge in [-0.2, -0.15) is 5.10 Å². The fourth-order valence-electron chi connectivity index (χ4n) is 3.17. The van der Waals surface area contributed by atoms with Gasteiger partial charge in [-0.25, -0.2) is 0 Å². The van der Waals surface area contributed by atoms with Crippen LogP contribution in [0.15, 0.2) is 54.9 Å². The maximum Gasteiger partial charge on any atom is 0.290 e. The van der Waals surface area contributed by atoms with Crippen molar-refractivity contribution < 1.29 is 14.7 Å². The lowest BCUT2D eigenvalue weighted by Gasteiger charge is -2.28. The van der Waals surface area contributed by atoms with Crippen LogP contribution in [0.1, 0.15) is 11.1 Å². The molecule has 0 aliphatic carbocycles. The molecule has 1 aliphatic heterocycles. The number of fused-ring (bicyclic) bond motifs is 1. The predicted molar refractivity (Wildman–Crippen MR) is 105 cm³/mol. The average Bonchev–Trinajstić information content (AvgIpc) is 3.17. The zero-order valence-corrected chi connectivity index (χ0v) is 15.2. The molecule has 0 saturated heterocycles. The number of pyridine rings is 1. The van der Waals surface area contributed by atoms with Gasteiger partial charge in [-0.05, 0) is 29.7 Å². The number of H-pyrrole nitrogens is 1. The minimum atomic E-state index is -0.250. The van der Waals surface area contributed by atoms with E-state index >= 15 is 0 Å². The van der Waals surface area contributed by atoms with Crippen LogP contribution in [-0.4, -0.2) is 50.7 Å². The van der Waals surface area contributed by atoms with E-state index in [-0.39, 0.29) is 12.4 Å². The van der Waals surface area contributed by atoms with E-state index in [4.69, 9.17) is 9.90 Å². The Morgan fingerprint density at radius 2 is 1.96 bits per heavy atom. The molecule has 8 heteroatoms. The Bertz CT molecular complexity index is 926. The number of hydrogen-bond acceptors (Lipinski definition) is 5. The van der Waals surface area contributed by atoms with Crippen LogP contribution in [0.25, 0.3) is 11.3 Å². The van der Waals surface area contributed by atoms with Crippen molar-refractivity contribution in [3.63, 3.8) is 0 Å². The van der Waals surface area contributed by atoms with Gasteiger partial charge in [-0.1, -0.05) is 30.3 Å². The third-order valence-corrected chi connectivity index (χ3v) is 4.42. The molecule has 0 saturated carbocycles. The normalized spacial score (nSPS) is 13.0. The molecule has 3 heterocycles. The molecule has 0 fully saturated rings. The summed E-state index contributed by atoms with van der Waals surface area (Å²) in [6.07, 6.45) is 4.38.